The number of hydrogen-bond donors (Lipinski definition) is 10. The molecule has 0 bridgehead atoms. The molecule has 0 saturated carbocycles. The average Bonchev–Trinajstić information content (AvgIpc) is 2.87. The second kappa shape index (κ2) is 16.9. The van der Waals surface area contributed by atoms with Gasteiger partial charge >= 0.3 is 5.97 Å². The minimum Gasteiger partial charge on any atom is -0.508 e. The van der Waals surface area contributed by atoms with Crippen LogP contribution >= 0.6 is 0 Å². The molecule has 226 valence electrons. The molecule has 41 heavy (non-hydrogen) atoms. The molecule has 0 spiro atoms. The van der Waals surface area contributed by atoms with Crippen molar-refractivity contribution in [2.24, 2.45) is 33.7 Å². The molecule has 17 nitrogen and oxygen atoms in total. The molecule has 0 aliphatic heterocycles. The molecule has 0 heterocycles. The van der Waals surface area contributed by atoms with E-state index >= 15 is 0 Å². The van der Waals surface area contributed by atoms with Gasteiger partial charge in [-0.25, -0.2) is 4.79 Å². The summed E-state index contributed by atoms with van der Waals surface area (Å²) in [4.78, 5) is 76.8. The Balaban J connectivity index is 3.12. The lowest BCUT2D eigenvalue weighted by Crippen LogP contribution is -2.57. The first kappa shape index (κ1) is 34.1. The fraction of sp³-hybridized carbons (Fsp3) is 0.458. The van der Waals surface area contributed by atoms with Gasteiger partial charge in [0.1, 0.15) is 23.9 Å². The zero-order chi connectivity index (χ0) is 31.1. The molecule has 1 rings (SSSR count). The van der Waals surface area contributed by atoms with E-state index in [2.05, 4.69) is 20.9 Å². The average molecular weight is 580 g/mol. The van der Waals surface area contributed by atoms with Crippen LogP contribution in [0.3, 0.4) is 0 Å². The summed E-state index contributed by atoms with van der Waals surface area (Å²) in [6.07, 6.45) is -1.09. The van der Waals surface area contributed by atoms with Crippen molar-refractivity contribution in [3.63, 3.8) is 0 Å². The van der Waals surface area contributed by atoms with Crippen LogP contribution in [0.1, 0.15) is 37.7 Å². The Morgan fingerprint density at radius 3 is 1.83 bits per heavy atom. The minimum absolute atomic E-state index is 0.0261. The Bertz CT molecular complexity index is 1120. The number of primary amides is 2. The molecule has 0 saturated heterocycles. The van der Waals surface area contributed by atoms with Gasteiger partial charge in [-0.1, -0.05) is 12.1 Å². The number of guanidine groups is 1. The fourth-order valence-electron chi connectivity index (χ4n) is 3.53. The third-order valence-corrected chi connectivity index (χ3v) is 5.64. The zero-order valence-corrected chi connectivity index (χ0v) is 22.2. The molecule has 1 aromatic carbocycles. The van der Waals surface area contributed by atoms with Gasteiger partial charge in [0.2, 0.25) is 29.5 Å². The molecule has 0 radical (unpaired) electrons. The maximum absolute atomic E-state index is 13.2. The summed E-state index contributed by atoms with van der Waals surface area (Å²) in [5.41, 5.74) is 27.0. The van der Waals surface area contributed by atoms with E-state index in [1.54, 1.807) is 0 Å². The van der Waals surface area contributed by atoms with Crippen LogP contribution in [0.2, 0.25) is 0 Å². The molecule has 0 aliphatic rings. The Morgan fingerprint density at radius 2 is 1.32 bits per heavy atom. The molecule has 0 fully saturated rings. The first-order valence-corrected chi connectivity index (χ1v) is 12.5. The maximum atomic E-state index is 13.2. The quantitative estimate of drug-likeness (QED) is 0.0453. The summed E-state index contributed by atoms with van der Waals surface area (Å²) in [7, 11) is 0. The fourth-order valence-corrected chi connectivity index (χ4v) is 3.53. The van der Waals surface area contributed by atoms with Gasteiger partial charge in [-0.05, 0) is 37.0 Å². The van der Waals surface area contributed by atoms with Crippen LogP contribution in [-0.2, 0) is 35.2 Å². The summed E-state index contributed by atoms with van der Waals surface area (Å²) in [6, 6.07) is 0.200. The van der Waals surface area contributed by atoms with E-state index in [0.29, 0.717) is 5.56 Å². The highest BCUT2D eigenvalue weighted by Gasteiger charge is 2.30. The molecule has 4 unspecified atom stereocenters. The number of aliphatic imine (C=N–C) groups is 1. The minimum atomic E-state index is -1.40. The number of phenolic OH excluding ortho intramolecular Hbond substituents is 1. The molecule has 0 aromatic heterocycles. The van der Waals surface area contributed by atoms with Gasteiger partial charge in [0.25, 0.3) is 0 Å². The Labute approximate surface area is 235 Å². The van der Waals surface area contributed by atoms with Gasteiger partial charge in [0, 0.05) is 19.4 Å². The third-order valence-electron chi connectivity index (χ3n) is 5.64. The summed E-state index contributed by atoms with van der Waals surface area (Å²) >= 11 is 0. The van der Waals surface area contributed by atoms with Crippen molar-refractivity contribution in [1.82, 2.24) is 16.0 Å². The maximum Gasteiger partial charge on any atom is 0.326 e. The van der Waals surface area contributed by atoms with Crippen molar-refractivity contribution >= 4 is 41.5 Å². The second-order valence-corrected chi connectivity index (χ2v) is 9.12. The van der Waals surface area contributed by atoms with Gasteiger partial charge in [0.15, 0.2) is 5.96 Å². The number of benzene rings is 1. The van der Waals surface area contributed by atoms with E-state index in [4.69, 9.17) is 28.7 Å². The lowest BCUT2D eigenvalue weighted by Gasteiger charge is -2.25. The number of carbonyl (C=O) groups is 6. The van der Waals surface area contributed by atoms with Gasteiger partial charge in [0.05, 0.1) is 12.5 Å². The molecule has 0 aliphatic carbocycles. The SMILES string of the molecule is NC(=O)CCC(NC(=O)C(N)CC(N)=O)C(=O)NC(CCCN=C(N)N)C(=O)NC(Cc1ccc(O)cc1)C(=O)O. The van der Waals surface area contributed by atoms with Crippen LogP contribution in [0.15, 0.2) is 29.3 Å². The van der Waals surface area contributed by atoms with Crippen molar-refractivity contribution in [1.29, 1.82) is 0 Å². The number of aromatic hydroxyl groups is 1. The highest BCUT2D eigenvalue weighted by atomic mass is 16.4. The molecular weight excluding hydrogens is 542 g/mol. The monoisotopic (exact) mass is 579 g/mol. The van der Waals surface area contributed by atoms with Crippen LogP contribution < -0.4 is 44.6 Å². The molecule has 15 N–H and O–H groups in total. The zero-order valence-electron chi connectivity index (χ0n) is 22.2. The van der Waals surface area contributed by atoms with E-state index < -0.39 is 66.1 Å². The lowest BCUT2D eigenvalue weighted by molar-refractivity contribution is -0.142. The highest BCUT2D eigenvalue weighted by molar-refractivity contribution is 5.95. The van der Waals surface area contributed by atoms with Gasteiger partial charge in [-0.3, -0.25) is 29.0 Å². The number of amides is 5. The van der Waals surface area contributed by atoms with Crippen molar-refractivity contribution in [3.05, 3.63) is 29.8 Å². The summed E-state index contributed by atoms with van der Waals surface area (Å²) in [5, 5.41) is 26.2. The van der Waals surface area contributed by atoms with E-state index in [-0.39, 0.29) is 50.4 Å². The van der Waals surface area contributed by atoms with E-state index in [9.17, 15) is 39.0 Å². The molecule has 1 aromatic rings. The number of nitrogens with zero attached hydrogens (tertiary/aromatic N) is 1. The van der Waals surface area contributed by atoms with Crippen LogP contribution in [-0.4, -0.2) is 82.4 Å². The van der Waals surface area contributed by atoms with Crippen molar-refractivity contribution in [2.45, 2.75) is 62.7 Å². The Morgan fingerprint density at radius 1 is 0.780 bits per heavy atom. The molecule has 4 atom stereocenters. The number of nitrogens with one attached hydrogen (secondary N) is 3. The molecule has 17 heteroatoms. The largest absolute Gasteiger partial charge is 0.508 e. The number of nitrogens with two attached hydrogens (primary N) is 5. The van der Waals surface area contributed by atoms with Crippen LogP contribution in [0.25, 0.3) is 0 Å². The van der Waals surface area contributed by atoms with E-state index in [0.717, 1.165) is 0 Å². The van der Waals surface area contributed by atoms with Gasteiger partial charge < -0.3 is 54.8 Å². The van der Waals surface area contributed by atoms with E-state index in [1.165, 1.54) is 24.3 Å². The molecular formula is C24H37N9O8. The predicted molar refractivity (Wildman–Crippen MR) is 145 cm³/mol. The van der Waals surface area contributed by atoms with Crippen molar-refractivity contribution in [2.75, 3.05) is 6.54 Å². The number of rotatable bonds is 18. The number of carboxylic acid groups (broad SMARTS) is 1. The van der Waals surface area contributed by atoms with Crippen LogP contribution in [0.5, 0.6) is 5.75 Å². The summed E-state index contributed by atoms with van der Waals surface area (Å²) in [6.45, 7) is 0.0850. The van der Waals surface area contributed by atoms with Crippen LogP contribution in [0, 0.1) is 0 Å². The number of phenols is 1. The van der Waals surface area contributed by atoms with Gasteiger partial charge in [-0.2, -0.15) is 0 Å². The highest BCUT2D eigenvalue weighted by Crippen LogP contribution is 2.12. The molecule has 5 amide bonds. The number of hydrogen-bond acceptors (Lipinski definition) is 9. The van der Waals surface area contributed by atoms with Gasteiger partial charge in [-0.15, -0.1) is 0 Å². The lowest BCUT2D eigenvalue weighted by atomic mass is 10.0. The third kappa shape index (κ3) is 13.6. The predicted octanol–water partition coefficient (Wildman–Crippen LogP) is -4.00. The number of aliphatic carboxylic acids is 1. The topological polar surface area (TPSA) is 321 Å². The first-order valence-electron chi connectivity index (χ1n) is 12.5. The summed E-state index contributed by atoms with van der Waals surface area (Å²) < 4.78 is 0. The number of carbonyl (C=O) groups excluding carboxylic acids is 5. The normalized spacial score (nSPS) is 13.5. The number of carboxylic acids is 1. The second-order valence-electron chi connectivity index (χ2n) is 9.12. The van der Waals surface area contributed by atoms with Crippen molar-refractivity contribution in [3.8, 4) is 5.75 Å². The van der Waals surface area contributed by atoms with Crippen molar-refractivity contribution < 1.29 is 39.0 Å². The smallest absolute Gasteiger partial charge is 0.326 e. The summed E-state index contributed by atoms with van der Waals surface area (Å²) in [5.74, 6) is -5.89. The standard InChI is InChI=1S/C24H37N9O8/c25-14(11-19(27)36)20(37)31-16(7-8-18(26)35)22(39)32-15(2-1-9-30-24(28)29)21(38)33-17(23(40)41)10-12-3-5-13(34)6-4-12/h3-6,14-17,34H,1-2,7-11,25H2,(H2,26,35)(H2,27,36)(H,31,37)(H,32,39)(H,33,38)(H,40,41)(H4,28,29,30). The van der Waals surface area contributed by atoms with E-state index in [1.807, 2.05) is 0 Å². The Hall–Kier alpha value is -4.93. The first-order chi connectivity index (χ1) is 19.2. The van der Waals surface area contributed by atoms with Crippen LogP contribution in [0.4, 0.5) is 0 Å². The Kier molecular flexibility index (Phi) is 14.1.